The van der Waals surface area contributed by atoms with Gasteiger partial charge in [-0.1, -0.05) is 0 Å². The first kappa shape index (κ1) is 12.5. The summed E-state index contributed by atoms with van der Waals surface area (Å²) in [5.74, 6) is -3.23. The maximum atomic E-state index is 13.4. The quantitative estimate of drug-likeness (QED) is 0.578. The lowest BCUT2D eigenvalue weighted by atomic mass is 9.87. The monoisotopic (exact) mass is 238 g/mol. The van der Waals surface area contributed by atoms with E-state index in [0.717, 1.165) is 0 Å². The molecule has 0 spiro atoms. The molecule has 92 valence electrons. The van der Waals surface area contributed by atoms with Crippen LogP contribution in [0.1, 0.15) is 19.3 Å². The Balaban J connectivity index is 2.79. The van der Waals surface area contributed by atoms with Crippen molar-refractivity contribution in [2.45, 2.75) is 37.3 Å². The Morgan fingerprint density at radius 1 is 1.19 bits per heavy atom. The van der Waals surface area contributed by atoms with Crippen molar-refractivity contribution < 1.29 is 28.6 Å². The summed E-state index contributed by atoms with van der Waals surface area (Å²) in [7, 11) is 0. The molecule has 6 nitrogen and oxygen atoms in total. The Bertz CT molecular complexity index is 298. The number of hydrogen-bond acceptors (Lipinski definition) is 2. The average Bonchev–Trinajstić information content (AvgIpc) is 2.09. The molecule has 0 aliphatic heterocycles. The zero-order chi connectivity index (χ0) is 12.3. The highest BCUT2D eigenvalue weighted by atomic mass is 19.3. The molecule has 0 heterocycles. The molecule has 0 saturated heterocycles. The molecule has 1 aliphatic rings. The van der Waals surface area contributed by atoms with Crippen LogP contribution in [0.25, 0.3) is 0 Å². The zero-order valence-corrected chi connectivity index (χ0v) is 8.24. The summed E-state index contributed by atoms with van der Waals surface area (Å²) in [5, 5.41) is 20.5. The smallest absolute Gasteiger partial charge is 0.405 e. The Morgan fingerprint density at radius 2 is 1.75 bits per heavy atom. The van der Waals surface area contributed by atoms with E-state index >= 15 is 0 Å². The Kier molecular flexibility index (Phi) is 3.51. The van der Waals surface area contributed by atoms with E-state index in [1.165, 1.54) is 0 Å². The first-order valence-corrected chi connectivity index (χ1v) is 4.69. The van der Waals surface area contributed by atoms with Crippen molar-refractivity contribution in [1.82, 2.24) is 10.6 Å². The SMILES string of the molecule is O=C(O)N[C@@H]1CCCC(F)(F)[C@H]1NC(=O)O. The van der Waals surface area contributed by atoms with E-state index in [-0.39, 0.29) is 12.8 Å². The molecule has 0 bridgehead atoms. The highest BCUT2D eigenvalue weighted by Gasteiger charge is 2.48. The first-order chi connectivity index (χ1) is 7.33. The van der Waals surface area contributed by atoms with Gasteiger partial charge in [-0.15, -0.1) is 0 Å². The average molecular weight is 238 g/mol. The minimum atomic E-state index is -3.23. The van der Waals surface area contributed by atoms with Gasteiger partial charge >= 0.3 is 12.2 Å². The van der Waals surface area contributed by atoms with Crippen molar-refractivity contribution >= 4 is 12.2 Å². The number of carbonyl (C=O) groups is 2. The molecule has 4 N–H and O–H groups in total. The van der Waals surface area contributed by atoms with Crippen molar-refractivity contribution in [3.8, 4) is 0 Å². The maximum Gasteiger partial charge on any atom is 0.405 e. The van der Waals surface area contributed by atoms with E-state index < -0.39 is 36.6 Å². The second kappa shape index (κ2) is 4.50. The summed E-state index contributed by atoms with van der Waals surface area (Å²) in [5.41, 5.74) is 0. The van der Waals surface area contributed by atoms with E-state index in [0.29, 0.717) is 0 Å². The summed E-state index contributed by atoms with van der Waals surface area (Å²) >= 11 is 0. The predicted octanol–water partition coefficient (Wildman–Crippen LogP) is 1.08. The maximum absolute atomic E-state index is 13.4. The second-order valence-electron chi connectivity index (χ2n) is 3.64. The molecule has 1 fully saturated rings. The molecule has 1 aliphatic carbocycles. The van der Waals surface area contributed by atoms with E-state index in [1.54, 1.807) is 5.32 Å². The van der Waals surface area contributed by atoms with Gasteiger partial charge in [-0.05, 0) is 12.8 Å². The molecule has 1 rings (SSSR count). The van der Waals surface area contributed by atoms with Gasteiger partial charge in [0, 0.05) is 6.42 Å². The van der Waals surface area contributed by atoms with E-state index in [4.69, 9.17) is 10.2 Å². The molecule has 0 aromatic heterocycles. The third-order valence-corrected chi connectivity index (χ3v) is 2.47. The molecule has 1 saturated carbocycles. The highest BCUT2D eigenvalue weighted by Crippen LogP contribution is 2.33. The standard InChI is InChI=1S/C8H12F2N2O4/c9-8(10)3-1-2-4(11-6(13)14)5(8)12-7(15)16/h4-5,11-12H,1-3H2,(H,13,14)(H,15,16)/t4-,5+/m1/s1. The molecule has 0 radical (unpaired) electrons. The van der Waals surface area contributed by atoms with Gasteiger partial charge in [-0.25, -0.2) is 18.4 Å². The van der Waals surface area contributed by atoms with Crippen molar-refractivity contribution in [3.63, 3.8) is 0 Å². The van der Waals surface area contributed by atoms with Crippen LogP contribution in [0.2, 0.25) is 0 Å². The molecule has 0 unspecified atom stereocenters. The van der Waals surface area contributed by atoms with Crippen LogP contribution in [0.15, 0.2) is 0 Å². The fourth-order valence-corrected chi connectivity index (χ4v) is 1.83. The Labute approximate surface area is 89.6 Å². The highest BCUT2D eigenvalue weighted by molar-refractivity contribution is 5.67. The lowest BCUT2D eigenvalue weighted by Crippen LogP contribution is -2.61. The van der Waals surface area contributed by atoms with Crippen LogP contribution < -0.4 is 10.6 Å². The van der Waals surface area contributed by atoms with Gasteiger partial charge in [0.25, 0.3) is 5.92 Å². The summed E-state index contributed by atoms with van der Waals surface area (Å²) in [6.45, 7) is 0. The fraction of sp³-hybridized carbons (Fsp3) is 0.750. The Morgan fingerprint density at radius 3 is 2.25 bits per heavy atom. The molecular weight excluding hydrogens is 226 g/mol. The van der Waals surface area contributed by atoms with Crippen LogP contribution in [-0.4, -0.2) is 40.4 Å². The van der Waals surface area contributed by atoms with Crippen molar-refractivity contribution in [2.75, 3.05) is 0 Å². The van der Waals surface area contributed by atoms with Crippen LogP contribution in [0.3, 0.4) is 0 Å². The number of nitrogens with one attached hydrogen (secondary N) is 2. The number of amides is 2. The summed E-state index contributed by atoms with van der Waals surface area (Å²) in [6, 6.07) is -2.81. The minimum Gasteiger partial charge on any atom is -0.465 e. The van der Waals surface area contributed by atoms with E-state index in [1.807, 2.05) is 5.32 Å². The van der Waals surface area contributed by atoms with Gasteiger partial charge in [-0.2, -0.15) is 0 Å². The van der Waals surface area contributed by atoms with E-state index in [2.05, 4.69) is 0 Å². The van der Waals surface area contributed by atoms with Gasteiger partial charge in [0.05, 0.1) is 6.04 Å². The predicted molar refractivity (Wildman–Crippen MR) is 48.7 cm³/mol. The van der Waals surface area contributed by atoms with E-state index in [9.17, 15) is 18.4 Å². The van der Waals surface area contributed by atoms with Crippen molar-refractivity contribution in [2.24, 2.45) is 0 Å². The zero-order valence-electron chi connectivity index (χ0n) is 8.24. The van der Waals surface area contributed by atoms with Gasteiger partial charge < -0.3 is 20.8 Å². The number of hydrogen-bond donors (Lipinski definition) is 4. The minimum absolute atomic E-state index is 0.149. The topological polar surface area (TPSA) is 98.7 Å². The van der Waals surface area contributed by atoms with Crippen LogP contribution in [0.5, 0.6) is 0 Å². The molecule has 0 aromatic carbocycles. The lowest BCUT2D eigenvalue weighted by molar-refractivity contribution is -0.0717. The second-order valence-corrected chi connectivity index (χ2v) is 3.64. The van der Waals surface area contributed by atoms with Gasteiger partial charge in [0.2, 0.25) is 0 Å². The fourth-order valence-electron chi connectivity index (χ4n) is 1.83. The third kappa shape index (κ3) is 2.94. The summed E-state index contributed by atoms with van der Waals surface area (Å²) in [4.78, 5) is 20.7. The van der Waals surface area contributed by atoms with Gasteiger partial charge in [0.1, 0.15) is 6.04 Å². The van der Waals surface area contributed by atoms with Crippen molar-refractivity contribution in [3.05, 3.63) is 0 Å². The number of carboxylic acid groups (broad SMARTS) is 2. The van der Waals surface area contributed by atoms with Crippen LogP contribution in [-0.2, 0) is 0 Å². The molecule has 2 amide bonds. The lowest BCUT2D eigenvalue weighted by Gasteiger charge is -2.37. The number of rotatable bonds is 2. The summed E-state index contributed by atoms with van der Waals surface area (Å²) in [6.07, 6.45) is -3.15. The molecule has 16 heavy (non-hydrogen) atoms. The molecule has 0 aromatic rings. The largest absolute Gasteiger partial charge is 0.465 e. The van der Waals surface area contributed by atoms with Crippen LogP contribution >= 0.6 is 0 Å². The molecule has 8 heteroatoms. The molecular formula is C8H12F2N2O4. The van der Waals surface area contributed by atoms with Crippen LogP contribution in [0, 0.1) is 0 Å². The number of halogens is 2. The normalized spacial score (nSPS) is 28.1. The Hall–Kier alpha value is -1.60. The molecule has 2 atom stereocenters. The summed E-state index contributed by atoms with van der Waals surface area (Å²) < 4.78 is 26.7. The number of alkyl halides is 2. The van der Waals surface area contributed by atoms with Gasteiger partial charge in [-0.3, -0.25) is 0 Å². The van der Waals surface area contributed by atoms with Crippen molar-refractivity contribution in [1.29, 1.82) is 0 Å². The van der Waals surface area contributed by atoms with Crippen LogP contribution in [0.4, 0.5) is 18.4 Å². The first-order valence-electron chi connectivity index (χ1n) is 4.69. The third-order valence-electron chi connectivity index (χ3n) is 2.47. The van der Waals surface area contributed by atoms with Gasteiger partial charge in [0.15, 0.2) is 0 Å².